The third-order valence-electron chi connectivity index (χ3n) is 4.88. The van der Waals surface area contributed by atoms with Gasteiger partial charge in [0.2, 0.25) is 11.8 Å². The van der Waals surface area contributed by atoms with Gasteiger partial charge in [0.25, 0.3) is 0 Å². The highest BCUT2D eigenvalue weighted by atomic mass is 19.1. The molecule has 0 heterocycles. The fraction of sp³-hybridized carbons (Fsp3) is 0.417. The molecule has 1 atom stereocenters. The average Bonchev–Trinajstić information content (AvgIpc) is 2.79. The second-order valence-electron chi connectivity index (χ2n) is 7.21. The number of nitrogens with zero attached hydrogens (tertiary/aromatic N) is 1. The van der Waals surface area contributed by atoms with Crippen LogP contribution in [0.15, 0.2) is 48.5 Å². The van der Waals surface area contributed by atoms with Crippen LogP contribution in [0.5, 0.6) is 11.5 Å². The highest BCUT2D eigenvalue weighted by Gasteiger charge is 2.26. The Balaban J connectivity index is 1.97. The van der Waals surface area contributed by atoms with Crippen molar-refractivity contribution in [2.24, 2.45) is 0 Å². The van der Waals surface area contributed by atoms with Crippen LogP contribution < -0.4 is 14.8 Å². The summed E-state index contributed by atoms with van der Waals surface area (Å²) in [4.78, 5) is 26.8. The maximum atomic E-state index is 14.2. The molecule has 0 radical (unpaired) electrons. The van der Waals surface area contributed by atoms with Gasteiger partial charge in [0.05, 0.1) is 13.7 Å². The molecule has 0 saturated heterocycles. The number of amides is 2. The minimum atomic E-state index is -0.707. The average molecular weight is 431 g/mol. The normalized spacial score (nSPS) is 11.5. The van der Waals surface area contributed by atoms with Gasteiger partial charge in [-0.1, -0.05) is 25.1 Å². The molecule has 0 aliphatic rings. The summed E-state index contributed by atoms with van der Waals surface area (Å²) in [5, 5.41) is 2.80. The number of ether oxygens (including phenoxy) is 2. The zero-order valence-electron chi connectivity index (χ0n) is 18.4. The number of carbonyl (C=O) groups excluding carboxylic acids is 2. The zero-order valence-corrected chi connectivity index (χ0v) is 18.4. The van der Waals surface area contributed by atoms with Crippen molar-refractivity contribution in [3.8, 4) is 11.5 Å². The molecule has 0 aliphatic carbocycles. The Bertz CT molecular complexity index is 842. The lowest BCUT2D eigenvalue weighted by Crippen LogP contribution is -2.47. The molecule has 31 heavy (non-hydrogen) atoms. The molecular weight excluding hydrogens is 399 g/mol. The van der Waals surface area contributed by atoms with Crippen LogP contribution in [0.4, 0.5) is 4.39 Å². The van der Waals surface area contributed by atoms with E-state index in [1.54, 1.807) is 56.5 Å². The third-order valence-corrected chi connectivity index (χ3v) is 4.88. The van der Waals surface area contributed by atoms with Gasteiger partial charge in [-0.15, -0.1) is 0 Å². The minimum absolute atomic E-state index is 0.0333. The summed E-state index contributed by atoms with van der Waals surface area (Å²) < 4.78 is 24.9. The van der Waals surface area contributed by atoms with E-state index < -0.39 is 11.9 Å². The fourth-order valence-corrected chi connectivity index (χ4v) is 3.02. The van der Waals surface area contributed by atoms with Gasteiger partial charge in [0, 0.05) is 25.1 Å². The topological polar surface area (TPSA) is 67.9 Å². The van der Waals surface area contributed by atoms with Gasteiger partial charge in [-0.05, 0) is 50.1 Å². The monoisotopic (exact) mass is 430 g/mol. The molecule has 0 fully saturated rings. The summed E-state index contributed by atoms with van der Waals surface area (Å²) in [6.07, 6.45) is 1.46. The zero-order chi connectivity index (χ0) is 22.6. The van der Waals surface area contributed by atoms with Crippen LogP contribution in [0.3, 0.4) is 0 Å². The van der Waals surface area contributed by atoms with Crippen LogP contribution in [0.1, 0.15) is 38.7 Å². The molecule has 0 saturated carbocycles. The van der Waals surface area contributed by atoms with Crippen LogP contribution in [0, 0.1) is 5.82 Å². The Hall–Kier alpha value is -3.09. The standard InChI is InChI=1S/C24H31FN2O4/c1-4-15-26-24(29)18(2)27(17-19-8-5-6-9-22(19)25)23(28)10-7-16-31-21-13-11-20(30-3)12-14-21/h5-6,8-9,11-14,18H,4,7,10,15-17H2,1-3H3,(H,26,29)/t18-/m0/s1. The summed E-state index contributed by atoms with van der Waals surface area (Å²) in [7, 11) is 1.60. The first-order valence-electron chi connectivity index (χ1n) is 10.5. The molecule has 0 unspecified atom stereocenters. The first-order valence-corrected chi connectivity index (χ1v) is 10.5. The van der Waals surface area contributed by atoms with Crippen LogP contribution >= 0.6 is 0 Å². The number of halogens is 1. The maximum Gasteiger partial charge on any atom is 0.242 e. The molecular formula is C24H31FN2O4. The molecule has 0 spiro atoms. The highest BCUT2D eigenvalue weighted by molar-refractivity contribution is 5.87. The third kappa shape index (κ3) is 7.59. The largest absolute Gasteiger partial charge is 0.497 e. The van der Waals surface area contributed by atoms with Crippen molar-refractivity contribution in [1.82, 2.24) is 10.2 Å². The van der Waals surface area contributed by atoms with Crippen molar-refractivity contribution in [1.29, 1.82) is 0 Å². The molecule has 0 aromatic heterocycles. The predicted octanol–water partition coefficient (Wildman–Crippen LogP) is 3.94. The van der Waals surface area contributed by atoms with Gasteiger partial charge >= 0.3 is 0 Å². The number of methoxy groups -OCH3 is 1. The number of carbonyl (C=O) groups is 2. The molecule has 7 heteroatoms. The van der Waals surface area contributed by atoms with E-state index in [0.717, 1.165) is 12.2 Å². The number of rotatable bonds is 12. The number of hydrogen-bond acceptors (Lipinski definition) is 4. The maximum absolute atomic E-state index is 14.2. The lowest BCUT2D eigenvalue weighted by Gasteiger charge is -2.29. The van der Waals surface area contributed by atoms with Gasteiger partial charge in [-0.25, -0.2) is 4.39 Å². The van der Waals surface area contributed by atoms with Gasteiger partial charge in [-0.3, -0.25) is 9.59 Å². The first-order chi connectivity index (χ1) is 15.0. The Morgan fingerprint density at radius 3 is 2.42 bits per heavy atom. The van der Waals surface area contributed by atoms with Crippen molar-refractivity contribution in [3.05, 3.63) is 59.9 Å². The van der Waals surface area contributed by atoms with E-state index >= 15 is 0 Å². The Kier molecular flexibility index (Phi) is 9.81. The van der Waals surface area contributed by atoms with Crippen LogP contribution in [0.2, 0.25) is 0 Å². The van der Waals surface area contributed by atoms with E-state index in [2.05, 4.69) is 5.32 Å². The smallest absolute Gasteiger partial charge is 0.242 e. The van der Waals surface area contributed by atoms with Gasteiger partial charge in [0.1, 0.15) is 23.4 Å². The molecule has 0 bridgehead atoms. The second-order valence-corrected chi connectivity index (χ2v) is 7.21. The van der Waals surface area contributed by atoms with Gasteiger partial charge < -0.3 is 19.7 Å². The van der Waals surface area contributed by atoms with E-state index in [-0.39, 0.29) is 24.8 Å². The van der Waals surface area contributed by atoms with Crippen molar-refractivity contribution >= 4 is 11.8 Å². The molecule has 2 amide bonds. The fourth-order valence-electron chi connectivity index (χ4n) is 3.02. The van der Waals surface area contributed by atoms with E-state index in [1.807, 2.05) is 6.92 Å². The number of hydrogen-bond donors (Lipinski definition) is 1. The van der Waals surface area contributed by atoms with Crippen LogP contribution in [-0.2, 0) is 16.1 Å². The van der Waals surface area contributed by atoms with Crippen molar-refractivity contribution in [2.75, 3.05) is 20.3 Å². The Morgan fingerprint density at radius 1 is 1.10 bits per heavy atom. The van der Waals surface area contributed by atoms with E-state index in [1.165, 1.54) is 11.0 Å². The quantitative estimate of drug-likeness (QED) is 0.518. The van der Waals surface area contributed by atoms with Gasteiger partial charge in [-0.2, -0.15) is 0 Å². The predicted molar refractivity (Wildman–Crippen MR) is 117 cm³/mol. The second kappa shape index (κ2) is 12.6. The number of benzene rings is 2. The van der Waals surface area contributed by atoms with Crippen LogP contribution in [0.25, 0.3) is 0 Å². The van der Waals surface area contributed by atoms with Crippen LogP contribution in [-0.4, -0.2) is 43.0 Å². The summed E-state index contributed by atoms with van der Waals surface area (Å²) in [6.45, 7) is 4.53. The van der Waals surface area contributed by atoms with E-state index in [0.29, 0.717) is 30.9 Å². The molecule has 2 aromatic rings. The summed E-state index contributed by atoms with van der Waals surface area (Å²) in [6, 6.07) is 12.8. The molecule has 168 valence electrons. The SMILES string of the molecule is CCCNC(=O)[C@H](C)N(Cc1ccccc1F)C(=O)CCCOc1ccc(OC)cc1. The lowest BCUT2D eigenvalue weighted by atomic mass is 10.1. The highest BCUT2D eigenvalue weighted by Crippen LogP contribution is 2.18. The molecule has 2 aromatic carbocycles. The van der Waals surface area contributed by atoms with Crippen molar-refractivity contribution < 1.29 is 23.5 Å². The van der Waals surface area contributed by atoms with Crippen molar-refractivity contribution in [3.63, 3.8) is 0 Å². The first kappa shape index (κ1) is 24.2. The lowest BCUT2D eigenvalue weighted by molar-refractivity contribution is -0.140. The summed E-state index contributed by atoms with van der Waals surface area (Å²) in [5.74, 6) is 0.552. The molecule has 6 nitrogen and oxygen atoms in total. The van der Waals surface area contributed by atoms with E-state index in [9.17, 15) is 14.0 Å². The van der Waals surface area contributed by atoms with Gasteiger partial charge in [0.15, 0.2) is 0 Å². The van der Waals surface area contributed by atoms with E-state index in [4.69, 9.17) is 9.47 Å². The summed E-state index contributed by atoms with van der Waals surface area (Å²) >= 11 is 0. The Morgan fingerprint density at radius 2 is 1.77 bits per heavy atom. The van der Waals surface area contributed by atoms with Crippen molar-refractivity contribution in [2.45, 2.75) is 45.7 Å². The number of nitrogens with one attached hydrogen (secondary N) is 1. The summed E-state index contributed by atoms with van der Waals surface area (Å²) in [5.41, 5.74) is 0.375. The Labute approximate surface area is 183 Å². The molecule has 0 aliphatic heterocycles. The molecule has 1 N–H and O–H groups in total. The minimum Gasteiger partial charge on any atom is -0.497 e. The molecule has 2 rings (SSSR count).